The first-order valence-electron chi connectivity index (χ1n) is 10.0. The van der Waals surface area contributed by atoms with Gasteiger partial charge in [0, 0.05) is 5.56 Å². The summed E-state index contributed by atoms with van der Waals surface area (Å²) in [4.78, 5) is 2.57. The monoisotopic (exact) mass is 351 g/mol. The zero-order valence-electron chi connectivity index (χ0n) is 16.4. The molecule has 0 saturated heterocycles. The molecule has 0 aliphatic carbocycles. The fraction of sp³-hybridized carbons (Fsp3) is 0.417. The van der Waals surface area contributed by atoms with E-state index in [0.717, 1.165) is 24.4 Å². The van der Waals surface area contributed by atoms with Gasteiger partial charge in [0.2, 0.25) is 0 Å². The van der Waals surface area contributed by atoms with Gasteiger partial charge in [-0.15, -0.1) is 0 Å². The smallest absolute Gasteiger partial charge is 0.127 e. The molecule has 2 rings (SSSR count). The molecule has 0 fully saturated rings. The summed E-state index contributed by atoms with van der Waals surface area (Å²) in [6, 6.07) is 20.8. The Morgan fingerprint density at radius 1 is 0.808 bits per heavy atom. The maximum absolute atomic E-state index is 6.18. The minimum Gasteiger partial charge on any atom is -0.493 e. The molecule has 140 valence electrons. The van der Waals surface area contributed by atoms with Crippen LogP contribution in [0.1, 0.15) is 50.7 Å². The highest BCUT2D eigenvalue weighted by molar-refractivity contribution is 5.77. The van der Waals surface area contributed by atoms with Gasteiger partial charge in [-0.05, 0) is 57.0 Å². The van der Waals surface area contributed by atoms with Crippen molar-refractivity contribution in [1.29, 1.82) is 0 Å². The quantitative estimate of drug-likeness (QED) is 0.260. The predicted molar refractivity (Wildman–Crippen MR) is 113 cm³/mol. The van der Waals surface area contributed by atoms with Gasteiger partial charge in [0.15, 0.2) is 0 Å². The molecule has 26 heavy (non-hydrogen) atoms. The summed E-state index contributed by atoms with van der Waals surface area (Å²) < 4.78 is 6.18. The van der Waals surface area contributed by atoms with Gasteiger partial charge in [0.05, 0.1) is 6.61 Å². The first-order chi connectivity index (χ1) is 12.8. The molecule has 2 heteroatoms. The van der Waals surface area contributed by atoms with E-state index in [-0.39, 0.29) is 0 Å². The number of unbranched alkanes of at least 4 members (excludes halogenated alkanes) is 1. The number of nitrogens with zero attached hydrogens (tertiary/aromatic N) is 1. The number of hydrogen-bond donors (Lipinski definition) is 0. The van der Waals surface area contributed by atoms with Gasteiger partial charge in [-0.25, -0.2) is 0 Å². The molecule has 2 aromatic carbocycles. The first-order valence-corrected chi connectivity index (χ1v) is 10.0. The van der Waals surface area contributed by atoms with Crippen LogP contribution in [-0.4, -0.2) is 31.1 Å². The van der Waals surface area contributed by atoms with Crippen molar-refractivity contribution in [3.05, 3.63) is 71.8 Å². The van der Waals surface area contributed by atoms with E-state index in [2.05, 4.69) is 73.4 Å². The molecule has 0 aliphatic heterocycles. The molecule has 0 amide bonds. The van der Waals surface area contributed by atoms with Crippen LogP contribution >= 0.6 is 0 Å². The molecule has 2 aromatic rings. The maximum atomic E-state index is 6.18. The first kappa shape index (κ1) is 20.3. The SMILES string of the molecule is CCCN(CCC)CCCCOC(=Cc1ccccc1)c1ccccc1. The van der Waals surface area contributed by atoms with E-state index in [1.807, 2.05) is 12.1 Å². The summed E-state index contributed by atoms with van der Waals surface area (Å²) >= 11 is 0. The zero-order chi connectivity index (χ0) is 18.5. The second-order valence-corrected chi connectivity index (χ2v) is 6.68. The van der Waals surface area contributed by atoms with Crippen LogP contribution in [0.3, 0.4) is 0 Å². The largest absolute Gasteiger partial charge is 0.493 e. The summed E-state index contributed by atoms with van der Waals surface area (Å²) in [5.41, 5.74) is 2.30. The van der Waals surface area contributed by atoms with Gasteiger partial charge >= 0.3 is 0 Å². The molecule has 0 N–H and O–H groups in total. The van der Waals surface area contributed by atoms with Gasteiger partial charge in [-0.2, -0.15) is 0 Å². The molecule has 0 spiro atoms. The number of ether oxygens (including phenoxy) is 1. The fourth-order valence-corrected chi connectivity index (χ4v) is 3.10. The van der Waals surface area contributed by atoms with Gasteiger partial charge in [-0.1, -0.05) is 74.5 Å². The Balaban J connectivity index is 1.89. The molecular formula is C24H33NO. The van der Waals surface area contributed by atoms with E-state index >= 15 is 0 Å². The molecule has 0 aromatic heterocycles. The Bertz CT molecular complexity index is 615. The van der Waals surface area contributed by atoms with E-state index in [9.17, 15) is 0 Å². The van der Waals surface area contributed by atoms with Crippen molar-refractivity contribution in [3.8, 4) is 0 Å². The van der Waals surface area contributed by atoms with Gasteiger partial charge in [0.1, 0.15) is 5.76 Å². The van der Waals surface area contributed by atoms with E-state index in [4.69, 9.17) is 4.74 Å². The van der Waals surface area contributed by atoms with E-state index < -0.39 is 0 Å². The van der Waals surface area contributed by atoms with Crippen molar-refractivity contribution in [1.82, 2.24) is 4.90 Å². The van der Waals surface area contributed by atoms with Crippen molar-refractivity contribution in [2.24, 2.45) is 0 Å². The predicted octanol–water partition coefficient (Wildman–Crippen LogP) is 6.10. The van der Waals surface area contributed by atoms with Crippen molar-refractivity contribution in [2.75, 3.05) is 26.2 Å². The Kier molecular flexibility index (Phi) is 9.60. The molecule has 2 nitrogen and oxygen atoms in total. The highest BCUT2D eigenvalue weighted by Gasteiger charge is 2.05. The standard InChI is InChI=1S/C24H33NO/c1-3-17-25(18-4-2)19-11-12-20-26-24(23-15-9-6-10-16-23)21-22-13-7-5-8-14-22/h5-10,13-16,21H,3-4,11-12,17-20H2,1-2H3. The van der Waals surface area contributed by atoms with Gasteiger partial charge in [-0.3, -0.25) is 0 Å². The van der Waals surface area contributed by atoms with Crippen LogP contribution in [0.15, 0.2) is 60.7 Å². The van der Waals surface area contributed by atoms with Gasteiger partial charge < -0.3 is 9.64 Å². The normalized spacial score (nSPS) is 11.7. The second kappa shape index (κ2) is 12.3. The summed E-state index contributed by atoms with van der Waals surface area (Å²) in [7, 11) is 0. The average Bonchev–Trinajstić information content (AvgIpc) is 2.68. The maximum Gasteiger partial charge on any atom is 0.127 e. The summed E-state index contributed by atoms with van der Waals surface area (Å²) in [5, 5.41) is 0. The Labute approximate surface area is 159 Å². The Hall–Kier alpha value is -2.06. The molecule has 0 aliphatic rings. The average molecular weight is 352 g/mol. The van der Waals surface area contributed by atoms with Crippen LogP contribution in [0.2, 0.25) is 0 Å². The van der Waals surface area contributed by atoms with Crippen LogP contribution < -0.4 is 0 Å². The Morgan fingerprint density at radius 3 is 2.04 bits per heavy atom. The number of hydrogen-bond acceptors (Lipinski definition) is 2. The molecule has 0 atom stereocenters. The van der Waals surface area contributed by atoms with Crippen LogP contribution in [0.25, 0.3) is 11.8 Å². The van der Waals surface area contributed by atoms with Crippen molar-refractivity contribution in [2.45, 2.75) is 39.5 Å². The molecule has 0 heterocycles. The molecule has 0 saturated carbocycles. The highest BCUT2D eigenvalue weighted by atomic mass is 16.5. The van der Waals surface area contributed by atoms with Gasteiger partial charge in [0.25, 0.3) is 0 Å². The summed E-state index contributed by atoms with van der Waals surface area (Å²) in [6.45, 7) is 8.86. The van der Waals surface area contributed by atoms with Crippen LogP contribution in [0.5, 0.6) is 0 Å². The molecule has 0 unspecified atom stereocenters. The summed E-state index contributed by atoms with van der Waals surface area (Å²) in [5.74, 6) is 0.954. The topological polar surface area (TPSA) is 12.5 Å². The zero-order valence-corrected chi connectivity index (χ0v) is 16.4. The van der Waals surface area contributed by atoms with Crippen molar-refractivity contribution < 1.29 is 4.74 Å². The minimum atomic E-state index is 0.764. The third-order valence-electron chi connectivity index (χ3n) is 4.36. The second-order valence-electron chi connectivity index (χ2n) is 6.68. The van der Waals surface area contributed by atoms with Crippen LogP contribution in [-0.2, 0) is 4.74 Å². The molecular weight excluding hydrogens is 318 g/mol. The number of rotatable bonds is 12. The summed E-state index contributed by atoms with van der Waals surface area (Å²) in [6.07, 6.45) is 6.87. The van der Waals surface area contributed by atoms with Crippen molar-refractivity contribution in [3.63, 3.8) is 0 Å². The highest BCUT2D eigenvalue weighted by Crippen LogP contribution is 2.20. The lowest BCUT2D eigenvalue weighted by molar-refractivity contribution is 0.236. The fourth-order valence-electron chi connectivity index (χ4n) is 3.10. The minimum absolute atomic E-state index is 0.764. The van der Waals surface area contributed by atoms with Crippen molar-refractivity contribution >= 4 is 11.8 Å². The van der Waals surface area contributed by atoms with E-state index in [1.54, 1.807) is 0 Å². The third kappa shape index (κ3) is 7.45. The Morgan fingerprint density at radius 2 is 1.42 bits per heavy atom. The van der Waals surface area contributed by atoms with E-state index in [1.165, 1.54) is 44.5 Å². The lowest BCUT2D eigenvalue weighted by Gasteiger charge is -2.20. The lowest BCUT2D eigenvalue weighted by atomic mass is 10.1. The number of benzene rings is 2. The van der Waals surface area contributed by atoms with E-state index in [0.29, 0.717) is 0 Å². The van der Waals surface area contributed by atoms with Crippen LogP contribution in [0, 0.1) is 0 Å². The molecule has 0 radical (unpaired) electrons. The van der Waals surface area contributed by atoms with Crippen LogP contribution in [0.4, 0.5) is 0 Å². The third-order valence-corrected chi connectivity index (χ3v) is 4.36. The molecule has 0 bridgehead atoms. The lowest BCUT2D eigenvalue weighted by Crippen LogP contribution is -2.26.